The van der Waals surface area contributed by atoms with E-state index in [1.54, 1.807) is 12.1 Å². The summed E-state index contributed by atoms with van der Waals surface area (Å²) in [4.78, 5) is 0. The molecule has 1 heterocycles. The van der Waals surface area contributed by atoms with E-state index in [1.807, 2.05) is 22.6 Å². The molecule has 1 atom stereocenters. The van der Waals surface area contributed by atoms with Crippen molar-refractivity contribution in [2.45, 2.75) is 6.10 Å². The monoisotopic (exact) mass is 396 g/mol. The number of hydrogen-bond acceptors (Lipinski definition) is 2. The minimum absolute atomic E-state index is 0.320. The third-order valence-corrected chi connectivity index (χ3v) is 3.74. The molecule has 0 saturated heterocycles. The molecular formula is C11H7BrFIO2. The van der Waals surface area contributed by atoms with E-state index in [0.29, 0.717) is 19.4 Å². The Kier molecular flexibility index (Phi) is 3.66. The van der Waals surface area contributed by atoms with Crippen LogP contribution in [-0.4, -0.2) is 5.11 Å². The minimum atomic E-state index is -0.892. The van der Waals surface area contributed by atoms with Crippen LogP contribution in [0.15, 0.2) is 39.4 Å². The Morgan fingerprint density at radius 1 is 1.38 bits per heavy atom. The second kappa shape index (κ2) is 4.85. The van der Waals surface area contributed by atoms with E-state index in [1.165, 1.54) is 18.4 Å². The van der Waals surface area contributed by atoms with Gasteiger partial charge in [0.15, 0.2) is 5.76 Å². The van der Waals surface area contributed by atoms with E-state index < -0.39 is 6.10 Å². The summed E-state index contributed by atoms with van der Waals surface area (Å²) in [5.41, 5.74) is 0.623. The lowest BCUT2D eigenvalue weighted by Gasteiger charge is -2.11. The van der Waals surface area contributed by atoms with Crippen molar-refractivity contribution in [2.24, 2.45) is 0 Å². The Morgan fingerprint density at radius 2 is 2.12 bits per heavy atom. The van der Waals surface area contributed by atoms with Gasteiger partial charge in [0.1, 0.15) is 11.9 Å². The lowest BCUT2D eigenvalue weighted by Crippen LogP contribution is -2.01. The first kappa shape index (κ1) is 12.1. The van der Waals surface area contributed by atoms with Crippen molar-refractivity contribution in [1.29, 1.82) is 0 Å². The van der Waals surface area contributed by atoms with Crippen molar-refractivity contribution >= 4 is 38.5 Å². The second-order valence-corrected chi connectivity index (χ2v) is 5.22. The van der Waals surface area contributed by atoms with Crippen LogP contribution in [0.25, 0.3) is 0 Å². The van der Waals surface area contributed by atoms with Crippen molar-refractivity contribution in [3.63, 3.8) is 0 Å². The summed E-state index contributed by atoms with van der Waals surface area (Å²) in [7, 11) is 0. The molecule has 0 aliphatic rings. The van der Waals surface area contributed by atoms with Gasteiger partial charge in [0.2, 0.25) is 0 Å². The molecule has 1 unspecified atom stereocenters. The molecule has 5 heteroatoms. The molecule has 0 radical (unpaired) electrons. The van der Waals surface area contributed by atoms with Crippen LogP contribution in [0.2, 0.25) is 0 Å². The number of benzene rings is 1. The minimum Gasteiger partial charge on any atom is -0.465 e. The van der Waals surface area contributed by atoms with Crippen LogP contribution < -0.4 is 0 Å². The van der Waals surface area contributed by atoms with E-state index in [0.717, 1.165) is 0 Å². The number of furan rings is 1. The van der Waals surface area contributed by atoms with Crippen LogP contribution in [0.4, 0.5) is 4.39 Å². The molecule has 0 fully saturated rings. The molecule has 1 N–H and O–H groups in total. The van der Waals surface area contributed by atoms with Crippen molar-refractivity contribution in [3.8, 4) is 0 Å². The van der Waals surface area contributed by atoms with E-state index in [4.69, 9.17) is 4.42 Å². The highest BCUT2D eigenvalue weighted by atomic mass is 127. The standard InChI is InChI=1S/C11H7BrFIO2/c12-8-3-4-16-11(8)10(15)7-2-1-6(13)5-9(7)14/h1-5,10,15H. The molecule has 0 bridgehead atoms. The number of hydrogen-bond donors (Lipinski definition) is 1. The number of halogens is 3. The summed E-state index contributed by atoms with van der Waals surface area (Å²) in [6.07, 6.45) is 0.593. The summed E-state index contributed by atoms with van der Waals surface area (Å²) in [6, 6.07) is 5.94. The zero-order valence-corrected chi connectivity index (χ0v) is 11.7. The highest BCUT2D eigenvalue weighted by molar-refractivity contribution is 14.1. The average molecular weight is 397 g/mol. The van der Waals surface area contributed by atoms with Gasteiger partial charge in [0.05, 0.1) is 10.7 Å². The summed E-state index contributed by atoms with van der Waals surface area (Å²) in [5.74, 6) is 0.100. The largest absolute Gasteiger partial charge is 0.465 e. The predicted octanol–water partition coefficient (Wildman–Crippen LogP) is 3.87. The third kappa shape index (κ3) is 2.31. The highest BCUT2D eigenvalue weighted by Gasteiger charge is 2.19. The van der Waals surface area contributed by atoms with Gasteiger partial charge < -0.3 is 9.52 Å². The normalized spacial score (nSPS) is 12.8. The second-order valence-electron chi connectivity index (χ2n) is 3.20. The van der Waals surface area contributed by atoms with Gasteiger partial charge in [-0.3, -0.25) is 0 Å². The summed E-state index contributed by atoms with van der Waals surface area (Å²) >= 11 is 5.25. The van der Waals surface area contributed by atoms with Crippen LogP contribution in [0.5, 0.6) is 0 Å². The fraction of sp³-hybridized carbons (Fsp3) is 0.0909. The predicted molar refractivity (Wildman–Crippen MR) is 69.6 cm³/mol. The Bertz CT molecular complexity index is 512. The molecule has 0 amide bonds. The Labute approximate surface area is 114 Å². The molecule has 0 aliphatic carbocycles. The first-order valence-electron chi connectivity index (χ1n) is 4.45. The highest BCUT2D eigenvalue weighted by Crippen LogP contribution is 2.31. The molecule has 0 spiro atoms. The molecule has 2 rings (SSSR count). The van der Waals surface area contributed by atoms with Gasteiger partial charge >= 0.3 is 0 Å². The first-order valence-corrected chi connectivity index (χ1v) is 6.32. The van der Waals surface area contributed by atoms with Crippen molar-refractivity contribution in [2.75, 3.05) is 0 Å². The summed E-state index contributed by atoms with van der Waals surface area (Å²) in [5, 5.41) is 10.1. The molecule has 16 heavy (non-hydrogen) atoms. The Balaban J connectivity index is 2.41. The maximum absolute atomic E-state index is 12.9. The van der Waals surface area contributed by atoms with E-state index in [-0.39, 0.29) is 5.82 Å². The number of aliphatic hydroxyl groups excluding tert-OH is 1. The molecule has 1 aromatic carbocycles. The van der Waals surface area contributed by atoms with Gasteiger partial charge in [0, 0.05) is 9.13 Å². The van der Waals surface area contributed by atoms with Gasteiger partial charge in [-0.1, -0.05) is 6.07 Å². The summed E-state index contributed by atoms with van der Waals surface area (Å²) in [6.45, 7) is 0. The van der Waals surface area contributed by atoms with Crippen molar-refractivity contribution in [3.05, 3.63) is 55.7 Å². The maximum Gasteiger partial charge on any atom is 0.150 e. The third-order valence-electron chi connectivity index (χ3n) is 2.15. The van der Waals surface area contributed by atoms with Crippen LogP contribution >= 0.6 is 38.5 Å². The van der Waals surface area contributed by atoms with Crippen LogP contribution in [0, 0.1) is 9.39 Å². The van der Waals surface area contributed by atoms with Gasteiger partial charge in [-0.05, 0) is 56.7 Å². The zero-order valence-electron chi connectivity index (χ0n) is 7.95. The topological polar surface area (TPSA) is 33.4 Å². The van der Waals surface area contributed by atoms with E-state index in [9.17, 15) is 9.50 Å². The molecular weight excluding hydrogens is 390 g/mol. The quantitative estimate of drug-likeness (QED) is 0.782. The molecule has 0 aliphatic heterocycles. The molecule has 1 aromatic heterocycles. The molecule has 2 aromatic rings. The van der Waals surface area contributed by atoms with Crippen molar-refractivity contribution in [1.82, 2.24) is 0 Å². The zero-order chi connectivity index (χ0) is 11.7. The van der Waals surface area contributed by atoms with Crippen LogP contribution in [0.1, 0.15) is 17.4 Å². The van der Waals surface area contributed by atoms with E-state index >= 15 is 0 Å². The van der Waals surface area contributed by atoms with Gasteiger partial charge in [-0.15, -0.1) is 0 Å². The first-order chi connectivity index (χ1) is 7.59. The number of aliphatic hydroxyl groups is 1. The van der Waals surface area contributed by atoms with Gasteiger partial charge in [0.25, 0.3) is 0 Å². The fourth-order valence-corrected chi connectivity index (χ4v) is 2.56. The smallest absolute Gasteiger partial charge is 0.150 e. The lowest BCUT2D eigenvalue weighted by molar-refractivity contribution is 0.187. The molecule has 84 valence electrons. The van der Waals surface area contributed by atoms with E-state index in [2.05, 4.69) is 15.9 Å². The SMILES string of the molecule is OC(c1ccc(F)cc1I)c1occc1Br. The van der Waals surface area contributed by atoms with Crippen molar-refractivity contribution < 1.29 is 13.9 Å². The molecule has 2 nitrogen and oxygen atoms in total. The Hall–Kier alpha value is -0.400. The van der Waals surface area contributed by atoms with Crippen LogP contribution in [0.3, 0.4) is 0 Å². The average Bonchev–Trinajstić information content (AvgIpc) is 2.63. The van der Waals surface area contributed by atoms with Gasteiger partial charge in [-0.2, -0.15) is 0 Å². The lowest BCUT2D eigenvalue weighted by atomic mass is 10.1. The van der Waals surface area contributed by atoms with Crippen LogP contribution in [-0.2, 0) is 0 Å². The Morgan fingerprint density at radius 3 is 2.69 bits per heavy atom. The fourth-order valence-electron chi connectivity index (χ4n) is 1.37. The summed E-state index contributed by atoms with van der Waals surface area (Å²) < 4.78 is 19.4. The van der Waals surface area contributed by atoms with Gasteiger partial charge in [-0.25, -0.2) is 4.39 Å². The number of rotatable bonds is 2. The maximum atomic E-state index is 12.9. The molecule has 0 saturated carbocycles.